The van der Waals surface area contributed by atoms with Crippen LogP contribution in [0.1, 0.15) is 38.7 Å². The van der Waals surface area contributed by atoms with Crippen LogP contribution >= 0.6 is 0 Å². The molecule has 0 aliphatic carbocycles. The fourth-order valence-electron chi connectivity index (χ4n) is 4.12. The maximum atomic E-state index is 10.6. The lowest BCUT2D eigenvalue weighted by molar-refractivity contribution is 0.0823. The second kappa shape index (κ2) is 13.2. The molecule has 4 atom stereocenters. The Morgan fingerprint density at radius 2 is 1.97 bits per heavy atom. The van der Waals surface area contributed by atoms with Crippen molar-refractivity contribution in [3.8, 4) is 11.5 Å². The first kappa shape index (κ1) is 25.9. The monoisotopic (exact) mass is 438 g/mol. The third-order valence-electron chi connectivity index (χ3n) is 6.18. The van der Waals surface area contributed by atoms with Crippen LogP contribution in [0, 0.1) is 11.8 Å². The molecule has 1 aromatic carbocycles. The minimum Gasteiger partial charge on any atom is -0.493 e. The molecule has 7 nitrogen and oxygen atoms in total. The number of methoxy groups -OCH3 is 2. The van der Waals surface area contributed by atoms with Crippen molar-refractivity contribution in [3.63, 3.8) is 0 Å². The summed E-state index contributed by atoms with van der Waals surface area (Å²) in [6.07, 6.45) is 2.31. The largest absolute Gasteiger partial charge is 0.493 e. The van der Waals surface area contributed by atoms with Crippen molar-refractivity contribution in [3.05, 3.63) is 23.8 Å². The van der Waals surface area contributed by atoms with Gasteiger partial charge in [0.2, 0.25) is 0 Å². The molecule has 0 radical (unpaired) electrons. The highest BCUT2D eigenvalue weighted by Gasteiger charge is 2.27. The van der Waals surface area contributed by atoms with E-state index in [9.17, 15) is 10.2 Å². The molecule has 1 saturated heterocycles. The van der Waals surface area contributed by atoms with E-state index >= 15 is 0 Å². The minimum atomic E-state index is -0.595. The maximum absolute atomic E-state index is 10.6. The van der Waals surface area contributed by atoms with E-state index in [4.69, 9.17) is 19.9 Å². The summed E-state index contributed by atoms with van der Waals surface area (Å²) >= 11 is 0. The van der Waals surface area contributed by atoms with Crippen molar-refractivity contribution in [2.75, 3.05) is 47.1 Å². The number of nitrogens with two attached hydrogens (primary N) is 1. The summed E-state index contributed by atoms with van der Waals surface area (Å²) in [6.45, 7) is 7.59. The third kappa shape index (κ3) is 8.58. The molecule has 178 valence electrons. The number of benzene rings is 1. The summed E-state index contributed by atoms with van der Waals surface area (Å²) in [4.78, 5) is 2.09. The van der Waals surface area contributed by atoms with Gasteiger partial charge in [-0.05, 0) is 48.8 Å². The second-order valence-corrected chi connectivity index (χ2v) is 9.06. The summed E-state index contributed by atoms with van der Waals surface area (Å²) < 4.78 is 16.4. The van der Waals surface area contributed by atoms with Crippen molar-refractivity contribution < 1.29 is 24.4 Å². The molecule has 4 N–H and O–H groups in total. The highest BCUT2D eigenvalue weighted by atomic mass is 16.5. The molecule has 7 heteroatoms. The molecule has 0 spiro atoms. The normalized spacial score (nSPS) is 20.1. The molecular formula is C24H42N2O5. The molecule has 1 aromatic rings. The molecule has 1 fully saturated rings. The van der Waals surface area contributed by atoms with Crippen LogP contribution in [0.5, 0.6) is 11.5 Å². The smallest absolute Gasteiger partial charge is 0.161 e. The predicted molar refractivity (Wildman–Crippen MR) is 123 cm³/mol. The molecule has 0 amide bonds. The van der Waals surface area contributed by atoms with E-state index in [1.165, 1.54) is 5.56 Å². The minimum absolute atomic E-state index is 0.284. The van der Waals surface area contributed by atoms with Crippen LogP contribution in [0.15, 0.2) is 18.2 Å². The van der Waals surface area contributed by atoms with Crippen LogP contribution in [-0.2, 0) is 11.2 Å². The van der Waals surface area contributed by atoms with Gasteiger partial charge in [-0.2, -0.15) is 0 Å². The molecular weight excluding hydrogens is 396 g/mol. The Labute approximate surface area is 187 Å². The maximum Gasteiger partial charge on any atom is 0.161 e. The van der Waals surface area contributed by atoms with E-state index in [0.29, 0.717) is 38.1 Å². The SMILES string of the molecule is COCCCOc1cc(C[C@@H](C[C@H](N)[C@@H](O)CN2CC[C@@H](O)C2)C(C)C)ccc1OC. The Balaban J connectivity index is 1.96. The van der Waals surface area contributed by atoms with Gasteiger partial charge in [-0.1, -0.05) is 19.9 Å². The zero-order valence-corrected chi connectivity index (χ0v) is 19.6. The second-order valence-electron chi connectivity index (χ2n) is 9.06. The molecule has 0 saturated carbocycles. The molecule has 1 aliphatic rings. The van der Waals surface area contributed by atoms with Gasteiger partial charge < -0.3 is 30.2 Å². The van der Waals surface area contributed by atoms with Crippen LogP contribution in [0.4, 0.5) is 0 Å². The Bertz CT molecular complexity index is 642. The molecule has 31 heavy (non-hydrogen) atoms. The number of hydrogen-bond donors (Lipinski definition) is 3. The highest BCUT2D eigenvalue weighted by Crippen LogP contribution is 2.31. The molecule has 0 unspecified atom stereocenters. The quantitative estimate of drug-likeness (QED) is 0.383. The number of likely N-dealkylation sites (tertiary alicyclic amines) is 1. The summed E-state index contributed by atoms with van der Waals surface area (Å²) in [6, 6.07) is 5.78. The van der Waals surface area contributed by atoms with E-state index in [0.717, 1.165) is 43.7 Å². The van der Waals surface area contributed by atoms with Crippen LogP contribution in [0.25, 0.3) is 0 Å². The predicted octanol–water partition coefficient (Wildman–Crippen LogP) is 2.07. The Morgan fingerprint density at radius 1 is 1.19 bits per heavy atom. The summed E-state index contributed by atoms with van der Waals surface area (Å²) in [5.41, 5.74) is 7.57. The van der Waals surface area contributed by atoms with Crippen molar-refractivity contribution >= 4 is 0 Å². The molecule has 1 aliphatic heterocycles. The van der Waals surface area contributed by atoms with Crippen LogP contribution < -0.4 is 15.2 Å². The standard InChI is InChI=1S/C24H42N2O5/c1-17(2)19(14-21(25)22(28)16-26-9-8-20(27)15-26)12-18-6-7-23(30-4)24(13-18)31-11-5-10-29-3/h6-7,13,17,19-22,27-28H,5,8-12,14-16,25H2,1-4H3/t19-,20+,21-,22-/m0/s1. The number of hydrogen-bond acceptors (Lipinski definition) is 7. The number of aliphatic hydroxyl groups excluding tert-OH is 2. The van der Waals surface area contributed by atoms with Gasteiger partial charge in [0.1, 0.15) is 0 Å². The van der Waals surface area contributed by atoms with Gasteiger partial charge in [0.25, 0.3) is 0 Å². The van der Waals surface area contributed by atoms with Crippen molar-refractivity contribution in [2.45, 2.75) is 57.8 Å². The van der Waals surface area contributed by atoms with Gasteiger partial charge in [0.15, 0.2) is 11.5 Å². The van der Waals surface area contributed by atoms with Gasteiger partial charge in [0.05, 0.1) is 25.9 Å². The Hall–Kier alpha value is -1.38. The van der Waals surface area contributed by atoms with E-state index < -0.39 is 6.10 Å². The lowest BCUT2D eigenvalue weighted by Crippen LogP contribution is -2.44. The number of rotatable bonds is 14. The lowest BCUT2D eigenvalue weighted by atomic mass is 9.83. The molecule has 2 rings (SSSR count). The summed E-state index contributed by atoms with van der Waals surface area (Å²) in [7, 11) is 3.33. The number of ether oxygens (including phenoxy) is 3. The van der Waals surface area contributed by atoms with Crippen LogP contribution in [-0.4, -0.2) is 80.4 Å². The number of nitrogens with zero attached hydrogens (tertiary/aromatic N) is 1. The topological polar surface area (TPSA) is 97.4 Å². The van der Waals surface area contributed by atoms with Gasteiger partial charge in [0, 0.05) is 45.8 Å². The highest BCUT2D eigenvalue weighted by molar-refractivity contribution is 5.43. The first-order valence-electron chi connectivity index (χ1n) is 11.5. The third-order valence-corrected chi connectivity index (χ3v) is 6.18. The molecule has 1 heterocycles. The van der Waals surface area contributed by atoms with E-state index in [1.54, 1.807) is 14.2 Å². The summed E-state index contributed by atoms with van der Waals surface area (Å²) in [5, 5.41) is 20.3. The first-order valence-corrected chi connectivity index (χ1v) is 11.5. The Morgan fingerprint density at radius 3 is 2.58 bits per heavy atom. The average molecular weight is 439 g/mol. The van der Waals surface area contributed by atoms with Gasteiger partial charge in [-0.3, -0.25) is 4.90 Å². The zero-order valence-electron chi connectivity index (χ0n) is 19.6. The van der Waals surface area contributed by atoms with E-state index in [2.05, 4.69) is 30.9 Å². The van der Waals surface area contributed by atoms with Crippen LogP contribution in [0.3, 0.4) is 0 Å². The van der Waals surface area contributed by atoms with Crippen molar-refractivity contribution in [2.24, 2.45) is 17.6 Å². The van der Waals surface area contributed by atoms with Gasteiger partial charge in [-0.25, -0.2) is 0 Å². The zero-order chi connectivity index (χ0) is 22.8. The van der Waals surface area contributed by atoms with Crippen LogP contribution in [0.2, 0.25) is 0 Å². The fraction of sp³-hybridized carbons (Fsp3) is 0.750. The molecule has 0 aromatic heterocycles. The Kier molecular flexibility index (Phi) is 11.0. The number of β-amino-alcohol motifs (C(OH)–C–C–N with tert-alkyl or cyclic N) is 2. The molecule has 0 bridgehead atoms. The number of aliphatic hydroxyl groups is 2. The summed E-state index contributed by atoms with van der Waals surface area (Å²) in [5.74, 6) is 2.24. The van der Waals surface area contributed by atoms with Crippen molar-refractivity contribution in [1.29, 1.82) is 0 Å². The van der Waals surface area contributed by atoms with Gasteiger partial charge in [-0.15, -0.1) is 0 Å². The van der Waals surface area contributed by atoms with E-state index in [-0.39, 0.29) is 12.1 Å². The fourth-order valence-corrected chi connectivity index (χ4v) is 4.12. The average Bonchev–Trinajstić information content (AvgIpc) is 3.15. The van der Waals surface area contributed by atoms with Gasteiger partial charge >= 0.3 is 0 Å². The van der Waals surface area contributed by atoms with E-state index in [1.807, 2.05) is 6.07 Å². The first-order chi connectivity index (χ1) is 14.8. The van der Waals surface area contributed by atoms with Crippen molar-refractivity contribution in [1.82, 2.24) is 4.90 Å². The lowest BCUT2D eigenvalue weighted by Gasteiger charge is -2.29.